The lowest BCUT2D eigenvalue weighted by Gasteiger charge is -2.17. The van der Waals surface area contributed by atoms with Gasteiger partial charge in [-0.15, -0.1) is 0 Å². The van der Waals surface area contributed by atoms with Crippen LogP contribution >= 0.6 is 0 Å². The molecule has 3 N–H and O–H groups in total. The van der Waals surface area contributed by atoms with Crippen LogP contribution in [0.15, 0.2) is 42.6 Å². The molecular formula is C23H18F3N3O5. The molecule has 0 unspecified atom stereocenters. The summed E-state index contributed by atoms with van der Waals surface area (Å²) in [5, 5.41) is 2.44. The highest BCUT2D eigenvalue weighted by Crippen LogP contribution is 2.39. The minimum absolute atomic E-state index is 0.109. The number of methoxy groups -OCH3 is 1. The summed E-state index contributed by atoms with van der Waals surface area (Å²) in [7, 11) is 1.10. The summed E-state index contributed by atoms with van der Waals surface area (Å²) in [6, 6.07) is 6.98. The van der Waals surface area contributed by atoms with Gasteiger partial charge in [-0.1, -0.05) is 0 Å². The second-order valence-corrected chi connectivity index (χ2v) is 7.31. The Labute approximate surface area is 191 Å². The molecule has 0 saturated heterocycles. The molecule has 0 spiro atoms. The van der Waals surface area contributed by atoms with E-state index in [1.54, 1.807) is 0 Å². The van der Waals surface area contributed by atoms with Gasteiger partial charge in [-0.05, 0) is 49.2 Å². The minimum atomic E-state index is -1.31. The van der Waals surface area contributed by atoms with Gasteiger partial charge in [-0.3, -0.25) is 14.6 Å². The molecule has 1 aliphatic rings. The summed E-state index contributed by atoms with van der Waals surface area (Å²) < 4.78 is 59.0. The Hall–Kier alpha value is -4.28. The Kier molecular flexibility index (Phi) is 6.26. The topological polar surface area (TPSA) is 113 Å². The summed E-state index contributed by atoms with van der Waals surface area (Å²) in [5.74, 6) is -6.63. The monoisotopic (exact) mass is 473 g/mol. The quantitative estimate of drug-likeness (QED) is 0.507. The Morgan fingerprint density at radius 1 is 1.03 bits per heavy atom. The molecule has 1 saturated carbocycles. The number of carbonyl (C=O) groups is 2. The fraction of sp³-hybridized carbons (Fsp3) is 0.174. The molecule has 0 aliphatic heterocycles. The number of anilines is 1. The second-order valence-electron chi connectivity index (χ2n) is 7.31. The van der Waals surface area contributed by atoms with E-state index in [0.29, 0.717) is 0 Å². The van der Waals surface area contributed by atoms with Crippen molar-refractivity contribution in [1.82, 2.24) is 4.98 Å². The van der Waals surface area contributed by atoms with Gasteiger partial charge in [-0.25, -0.2) is 8.78 Å². The van der Waals surface area contributed by atoms with Crippen LogP contribution in [-0.2, 0) is 0 Å². The van der Waals surface area contributed by atoms with Crippen LogP contribution in [0.4, 0.5) is 18.9 Å². The number of nitrogens with zero attached hydrogens (tertiary/aromatic N) is 1. The third-order valence-corrected chi connectivity index (χ3v) is 4.82. The molecule has 0 bridgehead atoms. The fourth-order valence-electron chi connectivity index (χ4n) is 3.03. The van der Waals surface area contributed by atoms with Gasteiger partial charge in [0.2, 0.25) is 11.6 Å². The molecule has 1 aliphatic carbocycles. The largest absolute Gasteiger partial charge is 0.490 e. The number of halogens is 3. The summed E-state index contributed by atoms with van der Waals surface area (Å²) >= 11 is 0. The first-order valence-electron chi connectivity index (χ1n) is 10.0. The number of rotatable bonds is 8. The van der Waals surface area contributed by atoms with Gasteiger partial charge in [0.25, 0.3) is 11.8 Å². The molecule has 0 radical (unpaired) electrons. The molecule has 1 aromatic heterocycles. The van der Waals surface area contributed by atoms with E-state index in [2.05, 4.69) is 10.3 Å². The van der Waals surface area contributed by atoms with Crippen molar-refractivity contribution in [1.29, 1.82) is 0 Å². The lowest BCUT2D eigenvalue weighted by molar-refractivity contribution is 0.0990. The van der Waals surface area contributed by atoms with E-state index >= 15 is 4.39 Å². The lowest BCUT2D eigenvalue weighted by atomic mass is 10.1. The second kappa shape index (κ2) is 9.30. The van der Waals surface area contributed by atoms with E-state index in [1.807, 2.05) is 0 Å². The average Bonchev–Trinajstić information content (AvgIpc) is 3.62. The van der Waals surface area contributed by atoms with Crippen LogP contribution in [0.25, 0.3) is 0 Å². The molecule has 8 nitrogen and oxygen atoms in total. The Morgan fingerprint density at radius 3 is 2.41 bits per heavy atom. The molecule has 1 heterocycles. The highest BCUT2D eigenvalue weighted by atomic mass is 19.2. The molecule has 3 aromatic rings. The molecule has 11 heteroatoms. The van der Waals surface area contributed by atoms with E-state index in [4.69, 9.17) is 19.9 Å². The first-order chi connectivity index (χ1) is 16.3. The Balaban J connectivity index is 1.73. The standard InChI is InChI=1S/C23H18F3N3O5/c1-32-21-17(5-4-13(24)19(21)25)34-15-6-7-16(33-12-2-3-12)20(26)18(15)23(31)29-11-8-9-28-14(10-11)22(27)30/h4-10,12H,2-3H2,1H3,(H2,27,30)(H,28,29,31). The van der Waals surface area contributed by atoms with Crippen molar-refractivity contribution in [3.63, 3.8) is 0 Å². The number of amides is 2. The van der Waals surface area contributed by atoms with Crippen molar-refractivity contribution in [2.75, 3.05) is 12.4 Å². The molecule has 2 aromatic carbocycles. The van der Waals surface area contributed by atoms with E-state index in [9.17, 15) is 18.4 Å². The van der Waals surface area contributed by atoms with Crippen LogP contribution in [0.5, 0.6) is 23.0 Å². The van der Waals surface area contributed by atoms with Gasteiger partial charge in [0.05, 0.1) is 13.2 Å². The summed E-state index contributed by atoms with van der Waals surface area (Å²) in [5.41, 5.74) is 4.62. The van der Waals surface area contributed by atoms with Gasteiger partial charge >= 0.3 is 0 Å². The third kappa shape index (κ3) is 4.72. The number of hydrogen-bond acceptors (Lipinski definition) is 6. The van der Waals surface area contributed by atoms with Crippen LogP contribution in [0, 0.1) is 17.5 Å². The van der Waals surface area contributed by atoms with Crippen molar-refractivity contribution in [3.05, 3.63) is 71.3 Å². The van der Waals surface area contributed by atoms with E-state index < -0.39 is 40.6 Å². The zero-order chi connectivity index (χ0) is 24.4. The lowest BCUT2D eigenvalue weighted by Crippen LogP contribution is -2.18. The molecule has 34 heavy (non-hydrogen) atoms. The molecule has 176 valence electrons. The van der Waals surface area contributed by atoms with Crippen LogP contribution in [-0.4, -0.2) is 30.0 Å². The highest BCUT2D eigenvalue weighted by molar-refractivity contribution is 6.07. The van der Waals surface area contributed by atoms with Gasteiger partial charge in [-0.2, -0.15) is 4.39 Å². The number of nitrogens with two attached hydrogens (primary N) is 1. The SMILES string of the molecule is COc1c(Oc2ccc(OC3CC3)c(F)c2C(=O)Nc2ccnc(C(N)=O)c2)ccc(F)c1F. The number of aromatic nitrogens is 1. The van der Waals surface area contributed by atoms with E-state index in [0.717, 1.165) is 32.1 Å². The summed E-state index contributed by atoms with van der Waals surface area (Å²) in [4.78, 5) is 28.2. The zero-order valence-electron chi connectivity index (χ0n) is 17.7. The number of benzene rings is 2. The van der Waals surface area contributed by atoms with Crippen molar-refractivity contribution in [2.24, 2.45) is 5.73 Å². The van der Waals surface area contributed by atoms with Gasteiger partial charge in [0, 0.05) is 11.9 Å². The normalized spacial score (nSPS) is 12.7. The minimum Gasteiger partial charge on any atom is -0.490 e. The first-order valence-corrected chi connectivity index (χ1v) is 10.0. The number of carbonyl (C=O) groups excluding carboxylic acids is 2. The number of ether oxygens (including phenoxy) is 3. The number of hydrogen-bond donors (Lipinski definition) is 2. The van der Waals surface area contributed by atoms with Crippen molar-refractivity contribution >= 4 is 17.5 Å². The molecule has 1 fully saturated rings. The van der Waals surface area contributed by atoms with Crippen LogP contribution in [0.2, 0.25) is 0 Å². The van der Waals surface area contributed by atoms with Crippen molar-refractivity contribution < 1.29 is 37.0 Å². The molecule has 2 amide bonds. The third-order valence-electron chi connectivity index (χ3n) is 4.82. The Bertz CT molecular complexity index is 1280. The fourth-order valence-corrected chi connectivity index (χ4v) is 3.03. The van der Waals surface area contributed by atoms with E-state index in [-0.39, 0.29) is 34.7 Å². The van der Waals surface area contributed by atoms with Crippen molar-refractivity contribution in [2.45, 2.75) is 18.9 Å². The smallest absolute Gasteiger partial charge is 0.267 e. The Morgan fingerprint density at radius 2 is 1.74 bits per heavy atom. The van der Waals surface area contributed by atoms with Gasteiger partial charge < -0.3 is 25.3 Å². The zero-order valence-corrected chi connectivity index (χ0v) is 17.7. The first kappa shape index (κ1) is 22.9. The predicted octanol–water partition coefficient (Wildman–Crippen LogP) is 4.19. The maximum absolute atomic E-state index is 15.4. The average molecular weight is 473 g/mol. The maximum atomic E-state index is 15.4. The van der Waals surface area contributed by atoms with Crippen LogP contribution in [0.3, 0.4) is 0 Å². The molecule has 4 rings (SSSR count). The molecule has 0 atom stereocenters. The number of nitrogens with one attached hydrogen (secondary N) is 1. The maximum Gasteiger partial charge on any atom is 0.267 e. The molecular weight excluding hydrogens is 455 g/mol. The highest BCUT2D eigenvalue weighted by Gasteiger charge is 2.29. The number of primary amides is 1. The predicted molar refractivity (Wildman–Crippen MR) is 114 cm³/mol. The summed E-state index contributed by atoms with van der Waals surface area (Å²) in [6.07, 6.45) is 2.57. The van der Waals surface area contributed by atoms with E-state index in [1.165, 1.54) is 30.5 Å². The van der Waals surface area contributed by atoms with Crippen LogP contribution < -0.4 is 25.3 Å². The summed E-state index contributed by atoms with van der Waals surface area (Å²) in [6.45, 7) is 0. The van der Waals surface area contributed by atoms with Gasteiger partial charge in [0.15, 0.2) is 23.1 Å². The number of pyridine rings is 1. The van der Waals surface area contributed by atoms with Crippen molar-refractivity contribution in [3.8, 4) is 23.0 Å². The van der Waals surface area contributed by atoms with Crippen LogP contribution in [0.1, 0.15) is 33.7 Å². The van der Waals surface area contributed by atoms with Gasteiger partial charge in [0.1, 0.15) is 17.0 Å².